The number of aliphatic carboxylic acids is 1. The quantitative estimate of drug-likeness (QED) is 0.701. The fourth-order valence-electron chi connectivity index (χ4n) is 4.29. The number of carbonyl (C=O) groups is 2. The van der Waals surface area contributed by atoms with Crippen LogP contribution in [0.4, 0.5) is 0 Å². The van der Waals surface area contributed by atoms with Crippen LogP contribution in [-0.2, 0) is 23.1 Å². The number of hydrogen-bond acceptors (Lipinski definition) is 5. The molecule has 1 amide bonds. The fraction of sp³-hybridized carbons (Fsp3) is 0.478. The molecule has 1 unspecified atom stereocenters. The monoisotopic (exact) mass is 427 g/mol. The minimum absolute atomic E-state index is 0.139. The van der Waals surface area contributed by atoms with Crippen molar-refractivity contribution in [2.45, 2.75) is 40.2 Å². The van der Waals surface area contributed by atoms with Gasteiger partial charge in [-0.3, -0.25) is 9.59 Å². The Labute approximate surface area is 181 Å². The number of aryl methyl sites for hydroxylation is 1. The molecule has 0 radical (unpaired) electrons. The number of benzene rings is 1. The zero-order valence-electron chi connectivity index (χ0n) is 18.7. The molecule has 31 heavy (non-hydrogen) atoms. The molecule has 8 nitrogen and oxygen atoms in total. The molecule has 1 aliphatic carbocycles. The standard InChI is InChI=1S/C23H29N3O5/c1-22(2)18(23(22,3)4)19(27)25-15(21(29)30)11-13-7-9-14(10-8-13)17-16(31-6)12-24-26(5)20(17)28/h7-10,12,15,18H,11H2,1-6H3,(H,25,27)(H,29,30). The molecule has 1 saturated carbocycles. The summed E-state index contributed by atoms with van der Waals surface area (Å²) in [6.07, 6.45) is 1.61. The highest BCUT2D eigenvalue weighted by Gasteiger charge is 2.68. The summed E-state index contributed by atoms with van der Waals surface area (Å²) >= 11 is 0. The lowest BCUT2D eigenvalue weighted by atomic mass is 10.0. The molecule has 0 bridgehead atoms. The van der Waals surface area contributed by atoms with Crippen LogP contribution in [0.5, 0.6) is 5.75 Å². The van der Waals surface area contributed by atoms with Crippen LogP contribution in [0.3, 0.4) is 0 Å². The summed E-state index contributed by atoms with van der Waals surface area (Å²) in [5.41, 5.74) is 1.12. The van der Waals surface area contributed by atoms with Crippen LogP contribution in [0.2, 0.25) is 0 Å². The third-order valence-corrected chi connectivity index (χ3v) is 6.90. The SMILES string of the molecule is COc1cnn(C)c(=O)c1-c1ccc(CC(NC(=O)C2C(C)(C)C2(C)C)C(=O)O)cc1. The number of rotatable bonds is 7. The van der Waals surface area contributed by atoms with Crippen molar-refractivity contribution in [2.24, 2.45) is 23.8 Å². The molecule has 1 atom stereocenters. The predicted octanol–water partition coefficient (Wildman–Crippen LogP) is 2.25. The smallest absolute Gasteiger partial charge is 0.326 e. The van der Waals surface area contributed by atoms with Crippen LogP contribution < -0.4 is 15.6 Å². The van der Waals surface area contributed by atoms with E-state index in [0.29, 0.717) is 16.9 Å². The van der Waals surface area contributed by atoms with Gasteiger partial charge in [-0.15, -0.1) is 0 Å². The molecule has 3 rings (SSSR count). The third-order valence-electron chi connectivity index (χ3n) is 6.90. The summed E-state index contributed by atoms with van der Waals surface area (Å²) in [5.74, 6) is -1.18. The van der Waals surface area contributed by atoms with Crippen molar-refractivity contribution in [3.05, 3.63) is 46.4 Å². The maximum Gasteiger partial charge on any atom is 0.326 e. The second-order valence-corrected chi connectivity index (χ2v) is 9.19. The van der Waals surface area contributed by atoms with Gasteiger partial charge in [0.15, 0.2) is 5.75 Å². The second-order valence-electron chi connectivity index (χ2n) is 9.19. The Morgan fingerprint density at radius 1 is 1.19 bits per heavy atom. The number of amides is 1. The highest BCUT2D eigenvalue weighted by molar-refractivity contribution is 5.88. The second kappa shape index (κ2) is 7.83. The van der Waals surface area contributed by atoms with Gasteiger partial charge in [-0.25, -0.2) is 9.48 Å². The molecule has 0 spiro atoms. The predicted molar refractivity (Wildman–Crippen MR) is 116 cm³/mol. The molecule has 1 aromatic carbocycles. The van der Waals surface area contributed by atoms with Crippen molar-refractivity contribution >= 4 is 11.9 Å². The molecule has 2 aromatic rings. The Morgan fingerprint density at radius 3 is 2.26 bits per heavy atom. The highest BCUT2D eigenvalue weighted by Crippen LogP contribution is 2.68. The lowest BCUT2D eigenvalue weighted by Crippen LogP contribution is -2.43. The van der Waals surface area contributed by atoms with Crippen molar-refractivity contribution in [3.8, 4) is 16.9 Å². The largest absolute Gasteiger partial charge is 0.494 e. The number of nitrogens with zero attached hydrogens (tertiary/aromatic N) is 2. The minimum Gasteiger partial charge on any atom is -0.494 e. The third kappa shape index (κ3) is 3.94. The lowest BCUT2D eigenvalue weighted by molar-refractivity contribution is -0.142. The van der Waals surface area contributed by atoms with Crippen molar-refractivity contribution < 1.29 is 19.4 Å². The van der Waals surface area contributed by atoms with Gasteiger partial charge in [0, 0.05) is 19.4 Å². The van der Waals surface area contributed by atoms with Crippen LogP contribution in [0.1, 0.15) is 33.3 Å². The maximum absolute atomic E-state index is 12.7. The molecule has 1 heterocycles. The van der Waals surface area contributed by atoms with E-state index >= 15 is 0 Å². The first-order valence-corrected chi connectivity index (χ1v) is 10.1. The van der Waals surface area contributed by atoms with E-state index < -0.39 is 12.0 Å². The minimum atomic E-state index is -1.08. The van der Waals surface area contributed by atoms with Crippen molar-refractivity contribution in [3.63, 3.8) is 0 Å². The Kier molecular flexibility index (Phi) is 5.69. The van der Waals surface area contributed by atoms with Crippen LogP contribution in [0.25, 0.3) is 11.1 Å². The Morgan fingerprint density at radius 2 is 1.77 bits per heavy atom. The number of hydrogen-bond donors (Lipinski definition) is 2. The van der Waals surface area contributed by atoms with Crippen LogP contribution >= 0.6 is 0 Å². The summed E-state index contributed by atoms with van der Waals surface area (Å²) in [4.78, 5) is 37.0. The molecule has 1 fully saturated rings. The van der Waals surface area contributed by atoms with E-state index in [1.807, 2.05) is 27.7 Å². The first-order chi connectivity index (χ1) is 14.4. The molecule has 8 heteroatoms. The van der Waals surface area contributed by atoms with E-state index in [1.54, 1.807) is 31.3 Å². The van der Waals surface area contributed by atoms with Crippen molar-refractivity contribution in [1.29, 1.82) is 0 Å². The first kappa shape index (κ1) is 22.5. The molecule has 1 aliphatic rings. The topological polar surface area (TPSA) is 111 Å². The van der Waals surface area contributed by atoms with Gasteiger partial charge in [0.25, 0.3) is 5.56 Å². The number of carboxylic acid groups (broad SMARTS) is 1. The number of nitrogens with one attached hydrogen (secondary N) is 1. The molecule has 1 aromatic heterocycles. The number of ether oxygens (including phenoxy) is 1. The van der Waals surface area contributed by atoms with Gasteiger partial charge in [-0.05, 0) is 22.0 Å². The summed E-state index contributed by atoms with van der Waals surface area (Å²) in [6.45, 7) is 8.07. The summed E-state index contributed by atoms with van der Waals surface area (Å²) in [5, 5.41) is 16.3. The van der Waals surface area contributed by atoms with Gasteiger partial charge in [-0.1, -0.05) is 52.0 Å². The zero-order chi connectivity index (χ0) is 23.1. The van der Waals surface area contributed by atoms with E-state index in [4.69, 9.17) is 4.74 Å². The Bertz CT molecular complexity index is 1060. The first-order valence-electron chi connectivity index (χ1n) is 10.1. The molecule has 2 N–H and O–H groups in total. The molecular weight excluding hydrogens is 398 g/mol. The van der Waals surface area contributed by atoms with Crippen molar-refractivity contribution in [2.75, 3.05) is 7.11 Å². The summed E-state index contributed by atoms with van der Waals surface area (Å²) in [7, 11) is 3.03. The number of aromatic nitrogens is 2. The van der Waals surface area contributed by atoms with Gasteiger partial charge in [0.05, 0.1) is 18.9 Å². The zero-order valence-corrected chi connectivity index (χ0v) is 18.7. The van der Waals surface area contributed by atoms with E-state index in [-0.39, 0.29) is 34.6 Å². The van der Waals surface area contributed by atoms with Crippen LogP contribution in [0, 0.1) is 16.7 Å². The molecule has 166 valence electrons. The Hall–Kier alpha value is -3.16. The van der Waals surface area contributed by atoms with Crippen LogP contribution in [0.15, 0.2) is 35.3 Å². The van der Waals surface area contributed by atoms with Crippen molar-refractivity contribution in [1.82, 2.24) is 15.1 Å². The number of carbonyl (C=O) groups excluding carboxylic acids is 1. The van der Waals surface area contributed by atoms with E-state index in [2.05, 4.69) is 10.4 Å². The maximum atomic E-state index is 12.7. The average molecular weight is 428 g/mol. The van der Waals surface area contributed by atoms with Gasteiger partial charge in [-0.2, -0.15) is 5.10 Å². The van der Waals surface area contributed by atoms with E-state index in [9.17, 15) is 19.5 Å². The normalized spacial score (nSPS) is 17.6. The number of methoxy groups -OCH3 is 1. The summed E-state index contributed by atoms with van der Waals surface area (Å²) < 4.78 is 6.49. The number of carboxylic acids is 1. The highest BCUT2D eigenvalue weighted by atomic mass is 16.5. The van der Waals surface area contributed by atoms with Gasteiger partial charge in [0.2, 0.25) is 5.91 Å². The fourth-order valence-corrected chi connectivity index (χ4v) is 4.29. The Balaban J connectivity index is 1.78. The van der Waals surface area contributed by atoms with Gasteiger partial charge < -0.3 is 15.2 Å². The van der Waals surface area contributed by atoms with E-state index in [1.165, 1.54) is 18.0 Å². The lowest BCUT2D eigenvalue weighted by Gasteiger charge is -2.16. The van der Waals surface area contributed by atoms with Gasteiger partial charge >= 0.3 is 5.97 Å². The molecule has 0 aliphatic heterocycles. The molecular formula is C23H29N3O5. The average Bonchev–Trinajstić information content (AvgIpc) is 3.12. The molecule has 0 saturated heterocycles. The van der Waals surface area contributed by atoms with Crippen LogP contribution in [-0.4, -0.2) is 39.9 Å². The van der Waals surface area contributed by atoms with Gasteiger partial charge in [0.1, 0.15) is 6.04 Å². The van der Waals surface area contributed by atoms with E-state index in [0.717, 1.165) is 5.56 Å². The summed E-state index contributed by atoms with van der Waals surface area (Å²) in [6, 6.07) is 5.95.